The van der Waals surface area contributed by atoms with Crippen molar-refractivity contribution in [1.29, 1.82) is 0 Å². The molecule has 0 unspecified atom stereocenters. The first-order valence-corrected chi connectivity index (χ1v) is 9.49. The Labute approximate surface area is 157 Å². The van der Waals surface area contributed by atoms with Crippen LogP contribution in [0.1, 0.15) is 28.9 Å². The fourth-order valence-electron chi connectivity index (χ4n) is 2.33. The van der Waals surface area contributed by atoms with E-state index in [0.29, 0.717) is 11.3 Å². The molecular weight excluding hydrogens is 372 g/mol. The van der Waals surface area contributed by atoms with Crippen LogP contribution in [0.5, 0.6) is 5.75 Å². The lowest BCUT2D eigenvalue weighted by molar-refractivity contribution is -0.124. The predicted octanol–water partition coefficient (Wildman–Crippen LogP) is 1.38. The van der Waals surface area contributed by atoms with E-state index in [9.17, 15) is 18.0 Å². The van der Waals surface area contributed by atoms with Gasteiger partial charge in [-0.15, -0.1) is 0 Å². The third-order valence-electron chi connectivity index (χ3n) is 3.75. The number of primary sulfonamides is 1. The van der Waals surface area contributed by atoms with Gasteiger partial charge in [-0.25, -0.2) is 18.4 Å². The lowest BCUT2D eigenvalue weighted by Gasteiger charge is -2.15. The first-order chi connectivity index (χ1) is 12.7. The normalized spacial score (nSPS) is 12.1. The number of amides is 1. The number of nitrogens with one attached hydrogen (secondary N) is 1. The van der Waals surface area contributed by atoms with Gasteiger partial charge in [0.25, 0.3) is 5.91 Å². The fraction of sp³-hybridized carbons (Fsp3) is 0.222. The minimum Gasteiger partial charge on any atom is -0.496 e. The molecule has 3 N–H and O–H groups in total. The molecule has 1 atom stereocenters. The molecule has 0 heterocycles. The van der Waals surface area contributed by atoms with Crippen molar-refractivity contribution in [2.24, 2.45) is 5.14 Å². The Morgan fingerprint density at radius 3 is 2.33 bits per heavy atom. The zero-order valence-corrected chi connectivity index (χ0v) is 15.7. The number of methoxy groups -OCH3 is 1. The largest absolute Gasteiger partial charge is 0.496 e. The Morgan fingerprint density at radius 2 is 1.74 bits per heavy atom. The van der Waals surface area contributed by atoms with Gasteiger partial charge in [0.1, 0.15) is 11.3 Å². The highest BCUT2D eigenvalue weighted by atomic mass is 32.2. The average Bonchev–Trinajstić information content (AvgIpc) is 2.65. The number of esters is 1. The number of carbonyl (C=O) groups is 2. The summed E-state index contributed by atoms with van der Waals surface area (Å²) >= 11 is 0. The molecule has 0 aliphatic rings. The number of para-hydroxylation sites is 1. The standard InChI is InChI=1S/C18H20N2O6S/c1-12(13-7-9-14(10-8-13)27(19,23)24)20-17(21)11-26-18(22)15-5-3-4-6-16(15)25-2/h3-10,12H,11H2,1-2H3,(H,20,21)(H2,19,23,24)/t12-/m1/s1. The third kappa shape index (κ3) is 5.53. The average molecular weight is 392 g/mol. The molecule has 2 rings (SSSR count). The number of carbonyl (C=O) groups excluding carboxylic acids is 2. The van der Waals surface area contributed by atoms with E-state index < -0.39 is 34.5 Å². The maximum Gasteiger partial charge on any atom is 0.342 e. The van der Waals surface area contributed by atoms with Crippen molar-refractivity contribution in [3.05, 3.63) is 59.7 Å². The molecule has 0 bridgehead atoms. The Balaban J connectivity index is 1.92. The van der Waals surface area contributed by atoms with E-state index in [1.54, 1.807) is 37.3 Å². The minimum atomic E-state index is -3.77. The van der Waals surface area contributed by atoms with Gasteiger partial charge in [0.05, 0.1) is 18.0 Å². The van der Waals surface area contributed by atoms with Gasteiger partial charge in [-0.1, -0.05) is 24.3 Å². The molecule has 1 amide bonds. The van der Waals surface area contributed by atoms with Crippen LogP contribution in [-0.4, -0.2) is 34.0 Å². The van der Waals surface area contributed by atoms with Crippen LogP contribution in [0.4, 0.5) is 0 Å². The second-order valence-corrected chi connectivity index (χ2v) is 7.24. The summed E-state index contributed by atoms with van der Waals surface area (Å²) in [5.74, 6) is -0.819. The molecule has 27 heavy (non-hydrogen) atoms. The predicted molar refractivity (Wildman–Crippen MR) is 97.6 cm³/mol. The van der Waals surface area contributed by atoms with E-state index in [4.69, 9.17) is 14.6 Å². The Morgan fingerprint density at radius 1 is 1.11 bits per heavy atom. The van der Waals surface area contributed by atoms with Crippen LogP contribution in [0.25, 0.3) is 0 Å². The summed E-state index contributed by atoms with van der Waals surface area (Å²) in [6.07, 6.45) is 0. The van der Waals surface area contributed by atoms with Gasteiger partial charge in [0, 0.05) is 0 Å². The topological polar surface area (TPSA) is 125 Å². The van der Waals surface area contributed by atoms with Crippen molar-refractivity contribution in [3.8, 4) is 5.75 Å². The molecule has 2 aromatic rings. The number of hydrogen-bond donors (Lipinski definition) is 2. The number of ether oxygens (including phenoxy) is 2. The summed E-state index contributed by atoms with van der Waals surface area (Å²) in [4.78, 5) is 24.1. The molecular formula is C18H20N2O6S. The maximum atomic E-state index is 12.1. The smallest absolute Gasteiger partial charge is 0.342 e. The molecule has 0 aliphatic carbocycles. The first kappa shape index (κ1) is 20.4. The highest BCUT2D eigenvalue weighted by molar-refractivity contribution is 7.89. The minimum absolute atomic E-state index is 0.0180. The van der Waals surface area contributed by atoms with Crippen LogP contribution in [0.2, 0.25) is 0 Å². The lowest BCUT2D eigenvalue weighted by atomic mass is 10.1. The SMILES string of the molecule is COc1ccccc1C(=O)OCC(=O)N[C@H](C)c1ccc(S(N)(=O)=O)cc1. The third-order valence-corrected chi connectivity index (χ3v) is 4.68. The second-order valence-electron chi connectivity index (χ2n) is 5.68. The molecule has 0 saturated heterocycles. The molecule has 0 aromatic heterocycles. The van der Waals surface area contributed by atoms with Crippen LogP contribution < -0.4 is 15.2 Å². The van der Waals surface area contributed by atoms with E-state index in [0.717, 1.165) is 0 Å². The van der Waals surface area contributed by atoms with E-state index in [2.05, 4.69) is 5.32 Å². The van der Waals surface area contributed by atoms with Crippen molar-refractivity contribution >= 4 is 21.9 Å². The summed E-state index contributed by atoms with van der Waals surface area (Å²) in [6, 6.07) is 11.9. The van der Waals surface area contributed by atoms with Crippen LogP contribution >= 0.6 is 0 Å². The van der Waals surface area contributed by atoms with Gasteiger partial charge in [0.15, 0.2) is 6.61 Å². The first-order valence-electron chi connectivity index (χ1n) is 7.94. The zero-order chi connectivity index (χ0) is 20.0. The van der Waals surface area contributed by atoms with Gasteiger partial charge in [0.2, 0.25) is 10.0 Å². The van der Waals surface area contributed by atoms with Crippen molar-refractivity contribution < 1.29 is 27.5 Å². The number of sulfonamides is 1. The van der Waals surface area contributed by atoms with Gasteiger partial charge in [-0.05, 0) is 36.8 Å². The van der Waals surface area contributed by atoms with Gasteiger partial charge in [-0.3, -0.25) is 4.79 Å². The van der Waals surface area contributed by atoms with Crippen molar-refractivity contribution in [2.45, 2.75) is 17.9 Å². The maximum absolute atomic E-state index is 12.1. The molecule has 0 spiro atoms. The van der Waals surface area contributed by atoms with Crippen molar-refractivity contribution in [3.63, 3.8) is 0 Å². The van der Waals surface area contributed by atoms with E-state index in [1.807, 2.05) is 0 Å². The molecule has 2 aromatic carbocycles. The monoisotopic (exact) mass is 392 g/mol. The highest BCUT2D eigenvalue weighted by Crippen LogP contribution is 2.18. The summed E-state index contributed by atoms with van der Waals surface area (Å²) in [5.41, 5.74) is 0.895. The number of rotatable bonds is 7. The zero-order valence-electron chi connectivity index (χ0n) is 14.8. The molecule has 0 radical (unpaired) electrons. The van der Waals surface area contributed by atoms with Crippen molar-refractivity contribution in [2.75, 3.05) is 13.7 Å². The van der Waals surface area contributed by atoms with E-state index in [1.165, 1.54) is 25.3 Å². The van der Waals surface area contributed by atoms with Gasteiger partial charge in [-0.2, -0.15) is 0 Å². The molecule has 9 heteroatoms. The summed E-state index contributed by atoms with van der Waals surface area (Å²) in [7, 11) is -2.34. The second kappa shape index (κ2) is 8.65. The highest BCUT2D eigenvalue weighted by Gasteiger charge is 2.16. The molecule has 144 valence electrons. The fourth-order valence-corrected chi connectivity index (χ4v) is 2.85. The van der Waals surface area contributed by atoms with E-state index >= 15 is 0 Å². The quantitative estimate of drug-likeness (QED) is 0.686. The van der Waals surface area contributed by atoms with Crippen LogP contribution in [0.3, 0.4) is 0 Å². The lowest BCUT2D eigenvalue weighted by Crippen LogP contribution is -2.31. The van der Waals surface area contributed by atoms with Gasteiger partial charge < -0.3 is 14.8 Å². The van der Waals surface area contributed by atoms with Gasteiger partial charge >= 0.3 is 5.97 Å². The molecule has 0 saturated carbocycles. The molecule has 0 fully saturated rings. The van der Waals surface area contributed by atoms with Crippen LogP contribution in [-0.2, 0) is 19.6 Å². The Hall–Kier alpha value is -2.91. The summed E-state index contributed by atoms with van der Waals surface area (Å²) in [5, 5.41) is 7.71. The Kier molecular flexibility index (Phi) is 6.54. The number of hydrogen-bond acceptors (Lipinski definition) is 6. The van der Waals surface area contributed by atoms with Crippen LogP contribution in [0.15, 0.2) is 53.4 Å². The summed E-state index contributed by atoms with van der Waals surface area (Å²) in [6.45, 7) is 1.25. The molecule has 0 aliphatic heterocycles. The van der Waals surface area contributed by atoms with Crippen LogP contribution in [0, 0.1) is 0 Å². The number of nitrogens with two attached hydrogens (primary N) is 1. The van der Waals surface area contributed by atoms with E-state index in [-0.39, 0.29) is 10.5 Å². The summed E-state index contributed by atoms with van der Waals surface area (Å²) < 4.78 is 32.6. The van der Waals surface area contributed by atoms with Crippen molar-refractivity contribution in [1.82, 2.24) is 5.32 Å². The Bertz CT molecular complexity index is 925. The molecule has 8 nitrogen and oxygen atoms in total. The number of benzene rings is 2.